The maximum atomic E-state index is 12.6. The van der Waals surface area contributed by atoms with Gasteiger partial charge in [-0.3, -0.25) is 9.59 Å². The van der Waals surface area contributed by atoms with Gasteiger partial charge in [0.05, 0.1) is 19.8 Å². The average Bonchev–Trinajstić information content (AvgIpc) is 2.65. The Kier molecular flexibility index (Phi) is 8.77. The Bertz CT molecular complexity index is 664. The highest BCUT2D eigenvalue weighted by atomic mass is 16.7. The molecule has 0 spiro atoms. The lowest BCUT2D eigenvalue weighted by Crippen LogP contribution is -2.61. The Morgan fingerprint density at radius 3 is 1.81 bits per heavy atom. The first-order valence-electron chi connectivity index (χ1n) is 8.69. The van der Waals surface area contributed by atoms with Crippen LogP contribution in [0, 0.1) is 0 Å². The molecule has 0 unspecified atom stereocenters. The fourth-order valence-electron chi connectivity index (χ4n) is 2.33. The van der Waals surface area contributed by atoms with Crippen LogP contribution in [0.5, 0.6) is 0 Å². The summed E-state index contributed by atoms with van der Waals surface area (Å²) < 4.78 is 10.1. The number of carbonyl (C=O) groups is 4. The van der Waals surface area contributed by atoms with Crippen molar-refractivity contribution in [3.8, 4) is 0 Å². The van der Waals surface area contributed by atoms with Crippen LogP contribution in [-0.4, -0.2) is 48.9 Å². The van der Waals surface area contributed by atoms with Crippen molar-refractivity contribution in [2.75, 3.05) is 19.8 Å². The number of carbonyl (C=O) groups excluding carboxylic acids is 4. The maximum Gasteiger partial charge on any atom is 0.340 e. The number of rotatable bonds is 11. The van der Waals surface area contributed by atoms with E-state index >= 15 is 0 Å². The largest absolute Gasteiger partial charge is 0.464 e. The van der Waals surface area contributed by atoms with Gasteiger partial charge in [-0.1, -0.05) is 24.3 Å². The minimum absolute atomic E-state index is 0.0693. The van der Waals surface area contributed by atoms with Gasteiger partial charge in [-0.25, -0.2) is 9.59 Å². The first-order valence-corrected chi connectivity index (χ1v) is 8.69. The van der Waals surface area contributed by atoms with E-state index in [1.54, 1.807) is 32.9 Å². The smallest absolute Gasteiger partial charge is 0.340 e. The molecule has 0 fully saturated rings. The van der Waals surface area contributed by atoms with Crippen LogP contribution >= 0.6 is 0 Å². The highest BCUT2D eigenvalue weighted by Gasteiger charge is 2.50. The molecule has 0 saturated heterocycles. The molecule has 0 saturated carbocycles. The van der Waals surface area contributed by atoms with E-state index in [0.717, 1.165) is 0 Å². The summed E-state index contributed by atoms with van der Waals surface area (Å²) in [6, 6.07) is 6.02. The zero-order chi connectivity index (χ0) is 20.4. The molecule has 27 heavy (non-hydrogen) atoms. The van der Waals surface area contributed by atoms with Gasteiger partial charge in [0.15, 0.2) is 5.78 Å². The van der Waals surface area contributed by atoms with E-state index in [1.165, 1.54) is 19.1 Å². The molecular weight excluding hydrogens is 354 g/mol. The number of ether oxygens (including phenoxy) is 2. The van der Waals surface area contributed by atoms with Gasteiger partial charge < -0.3 is 14.3 Å². The standard InChI is InChI=1S/C19H25NO7/c1-5-25-17(23)19(20-27-7-3,18(24)26-6-2)12-14-8-10-15(11-9-14)16(22)13(4)21/h8-11,20H,5-7,12H2,1-4H3. The summed E-state index contributed by atoms with van der Waals surface area (Å²) in [5.74, 6) is -2.86. The Balaban J connectivity index is 3.24. The number of nitrogens with one attached hydrogen (secondary N) is 1. The predicted octanol–water partition coefficient (Wildman–Crippen LogP) is 1.41. The normalized spacial score (nSPS) is 11.0. The lowest BCUT2D eigenvalue weighted by molar-refractivity contribution is -0.175. The zero-order valence-electron chi connectivity index (χ0n) is 16.0. The second-order valence-electron chi connectivity index (χ2n) is 5.64. The van der Waals surface area contributed by atoms with Crippen molar-refractivity contribution in [1.29, 1.82) is 0 Å². The topological polar surface area (TPSA) is 108 Å². The first kappa shape index (κ1) is 22.5. The van der Waals surface area contributed by atoms with Crippen molar-refractivity contribution in [2.24, 2.45) is 0 Å². The predicted molar refractivity (Wildman–Crippen MR) is 95.9 cm³/mol. The minimum atomic E-state index is -1.89. The molecule has 0 amide bonds. The van der Waals surface area contributed by atoms with E-state index in [4.69, 9.17) is 14.3 Å². The molecule has 0 heterocycles. The fourth-order valence-corrected chi connectivity index (χ4v) is 2.33. The monoisotopic (exact) mass is 379 g/mol. The second kappa shape index (κ2) is 10.5. The van der Waals surface area contributed by atoms with Crippen LogP contribution in [0.25, 0.3) is 0 Å². The third kappa shape index (κ3) is 5.70. The number of hydrogen-bond acceptors (Lipinski definition) is 8. The van der Waals surface area contributed by atoms with E-state index in [2.05, 4.69) is 5.48 Å². The maximum absolute atomic E-state index is 12.6. The summed E-state index contributed by atoms with van der Waals surface area (Å²) in [4.78, 5) is 53.3. The molecule has 8 heteroatoms. The molecule has 0 atom stereocenters. The third-order valence-corrected chi connectivity index (χ3v) is 3.64. The van der Waals surface area contributed by atoms with Gasteiger partial charge in [-0.15, -0.1) is 0 Å². The van der Waals surface area contributed by atoms with E-state index in [1.807, 2.05) is 0 Å². The number of ketones is 2. The Morgan fingerprint density at radius 2 is 1.41 bits per heavy atom. The van der Waals surface area contributed by atoms with Crippen molar-refractivity contribution >= 4 is 23.5 Å². The average molecular weight is 379 g/mol. The third-order valence-electron chi connectivity index (χ3n) is 3.64. The van der Waals surface area contributed by atoms with Gasteiger partial charge >= 0.3 is 11.9 Å². The van der Waals surface area contributed by atoms with Gasteiger partial charge in [-0.2, -0.15) is 5.48 Å². The second-order valence-corrected chi connectivity index (χ2v) is 5.64. The molecule has 148 valence electrons. The molecule has 0 aromatic heterocycles. The Labute approximate surface area is 158 Å². The van der Waals surface area contributed by atoms with Crippen LogP contribution in [0.15, 0.2) is 24.3 Å². The van der Waals surface area contributed by atoms with Crippen molar-refractivity contribution in [1.82, 2.24) is 5.48 Å². The molecule has 0 radical (unpaired) electrons. The van der Waals surface area contributed by atoms with E-state index in [-0.39, 0.29) is 31.8 Å². The Morgan fingerprint density at radius 1 is 0.889 bits per heavy atom. The van der Waals surface area contributed by atoms with Crippen LogP contribution in [0.1, 0.15) is 43.6 Å². The fraction of sp³-hybridized carbons (Fsp3) is 0.474. The molecule has 0 aliphatic heterocycles. The summed E-state index contributed by atoms with van der Waals surface area (Å²) in [7, 11) is 0. The molecule has 8 nitrogen and oxygen atoms in total. The molecule has 1 aromatic rings. The molecule has 0 aliphatic rings. The van der Waals surface area contributed by atoms with Gasteiger partial charge in [0.2, 0.25) is 11.3 Å². The van der Waals surface area contributed by atoms with Crippen molar-refractivity contribution in [3.63, 3.8) is 0 Å². The van der Waals surface area contributed by atoms with Gasteiger partial charge in [-0.05, 0) is 26.3 Å². The van der Waals surface area contributed by atoms with Gasteiger partial charge in [0.25, 0.3) is 0 Å². The highest BCUT2D eigenvalue weighted by Crippen LogP contribution is 2.20. The highest BCUT2D eigenvalue weighted by molar-refractivity contribution is 6.42. The molecule has 0 aliphatic carbocycles. The lowest BCUT2D eigenvalue weighted by Gasteiger charge is -2.29. The summed E-state index contributed by atoms with van der Waals surface area (Å²) in [5.41, 5.74) is 1.36. The number of Topliss-reactive ketones (excluding diaryl/α,β-unsaturated/α-hetero) is 2. The van der Waals surface area contributed by atoms with E-state index < -0.39 is 29.0 Å². The summed E-state index contributed by atoms with van der Waals surface area (Å²) >= 11 is 0. The van der Waals surface area contributed by atoms with Crippen molar-refractivity contribution in [3.05, 3.63) is 35.4 Å². The van der Waals surface area contributed by atoms with Crippen LogP contribution < -0.4 is 5.48 Å². The molecular formula is C19H25NO7. The molecule has 1 rings (SSSR count). The summed E-state index contributed by atoms with van der Waals surface area (Å²) in [6.45, 7) is 6.46. The van der Waals surface area contributed by atoms with Crippen molar-refractivity contribution in [2.45, 2.75) is 39.7 Å². The van der Waals surface area contributed by atoms with Gasteiger partial charge in [0, 0.05) is 18.9 Å². The summed E-state index contributed by atoms with van der Waals surface area (Å²) in [5, 5.41) is 0. The number of hydroxylamine groups is 1. The molecule has 1 N–H and O–H groups in total. The van der Waals surface area contributed by atoms with Crippen molar-refractivity contribution < 1.29 is 33.5 Å². The number of esters is 2. The first-order chi connectivity index (χ1) is 12.8. The quantitative estimate of drug-likeness (QED) is 0.202. The van der Waals surface area contributed by atoms with Crippen LogP contribution in [0.4, 0.5) is 0 Å². The SMILES string of the molecule is CCONC(Cc1ccc(C(=O)C(C)=O)cc1)(C(=O)OCC)C(=O)OCC. The minimum Gasteiger partial charge on any atom is -0.464 e. The number of hydrogen-bond donors (Lipinski definition) is 1. The zero-order valence-corrected chi connectivity index (χ0v) is 16.0. The lowest BCUT2D eigenvalue weighted by atomic mass is 9.90. The van der Waals surface area contributed by atoms with Crippen LogP contribution in [0.3, 0.4) is 0 Å². The van der Waals surface area contributed by atoms with Gasteiger partial charge in [0.1, 0.15) is 0 Å². The van der Waals surface area contributed by atoms with Crippen LogP contribution in [-0.2, 0) is 35.1 Å². The summed E-state index contributed by atoms with van der Waals surface area (Å²) in [6.07, 6.45) is -0.126. The Hall–Kier alpha value is -2.58. The molecule has 1 aromatic carbocycles. The number of benzene rings is 1. The molecule has 0 bridgehead atoms. The van der Waals surface area contributed by atoms with E-state index in [9.17, 15) is 19.2 Å². The van der Waals surface area contributed by atoms with E-state index in [0.29, 0.717) is 5.56 Å². The van der Waals surface area contributed by atoms with Crippen LogP contribution in [0.2, 0.25) is 0 Å².